The number of ether oxygens (including phenoxy) is 2. The summed E-state index contributed by atoms with van der Waals surface area (Å²) in [5, 5.41) is 24.4. The minimum absolute atomic E-state index is 0.0419. The molecule has 0 saturated carbocycles. The van der Waals surface area contributed by atoms with Crippen LogP contribution in [0.2, 0.25) is 0 Å². The number of carboxylic acid groups (broad SMARTS) is 2. The van der Waals surface area contributed by atoms with Crippen molar-refractivity contribution < 1.29 is 60.8 Å². The highest BCUT2D eigenvalue weighted by Gasteiger charge is 2.44. The van der Waals surface area contributed by atoms with E-state index in [2.05, 4.69) is 20.6 Å². The van der Waals surface area contributed by atoms with Crippen LogP contribution in [0.5, 0.6) is 0 Å². The maximum atomic E-state index is 17.1. The summed E-state index contributed by atoms with van der Waals surface area (Å²) in [5.41, 5.74) is 2.39. The number of carbonyl (C=O) groups is 4. The molecule has 434 valence electrons. The third kappa shape index (κ3) is 10.8. The number of piperidine rings is 1. The normalized spacial score (nSPS) is 23.0. The number of anilines is 2. The summed E-state index contributed by atoms with van der Waals surface area (Å²) in [6.45, 7) is 2.96. The van der Waals surface area contributed by atoms with E-state index < -0.39 is 71.7 Å². The molecule has 2 aromatic heterocycles. The Morgan fingerprint density at radius 3 is 1.44 bits per heavy atom. The number of hydrogen-bond acceptors (Lipinski definition) is 10. The van der Waals surface area contributed by atoms with Gasteiger partial charge in [0.2, 0.25) is 11.8 Å². The topological polar surface area (TPSA) is 222 Å². The maximum Gasteiger partial charge on any atom is 0.405 e. The molecule has 4 amide bonds. The molecule has 0 aliphatic carbocycles. The second-order valence-electron chi connectivity index (χ2n) is 22.7. The summed E-state index contributed by atoms with van der Waals surface area (Å²) >= 11 is 0. The van der Waals surface area contributed by atoms with Gasteiger partial charge < -0.3 is 59.9 Å². The lowest BCUT2D eigenvalue weighted by Crippen LogP contribution is -2.52. The molecule has 6 N–H and O–H groups in total. The van der Waals surface area contributed by atoms with E-state index in [0.717, 1.165) is 5.56 Å². The van der Waals surface area contributed by atoms with Crippen molar-refractivity contribution in [2.24, 2.45) is 11.8 Å². The van der Waals surface area contributed by atoms with E-state index in [9.17, 15) is 33.8 Å². The van der Waals surface area contributed by atoms with Crippen molar-refractivity contribution in [1.82, 2.24) is 40.4 Å². The molecule has 0 radical (unpaired) electrons. The minimum atomic E-state index is -1.31. The van der Waals surface area contributed by atoms with Crippen molar-refractivity contribution in [2.75, 3.05) is 62.4 Å². The van der Waals surface area contributed by atoms with Gasteiger partial charge in [-0.05, 0) is 149 Å². The molecule has 6 atom stereocenters. The molecule has 8 heterocycles. The van der Waals surface area contributed by atoms with E-state index in [1.807, 2.05) is 0 Å². The van der Waals surface area contributed by atoms with Gasteiger partial charge in [0.15, 0.2) is 11.6 Å². The number of rotatable bonds is 13. The fraction of sp³-hybridized carbons (Fsp3) is 0.492. The van der Waals surface area contributed by atoms with E-state index in [1.165, 1.54) is 36.4 Å². The average Bonchev–Trinajstić information content (AvgIpc) is 4.37. The Balaban J connectivity index is 0.872. The van der Waals surface area contributed by atoms with Crippen molar-refractivity contribution in [2.45, 2.75) is 119 Å². The van der Waals surface area contributed by atoms with Crippen LogP contribution >= 0.6 is 0 Å². The van der Waals surface area contributed by atoms with Crippen LogP contribution in [0, 0.1) is 40.9 Å². The first-order valence-corrected chi connectivity index (χ1v) is 28.6. The van der Waals surface area contributed by atoms with E-state index in [-0.39, 0.29) is 70.7 Å². The van der Waals surface area contributed by atoms with Gasteiger partial charge in [-0.2, -0.15) is 0 Å². The molecular formula is C59H65F5N10O8. The van der Waals surface area contributed by atoms with Crippen LogP contribution in [0.1, 0.15) is 135 Å². The Morgan fingerprint density at radius 2 is 1.00 bits per heavy atom. The zero-order chi connectivity index (χ0) is 56.9. The zero-order valence-electron chi connectivity index (χ0n) is 45.0. The molecule has 12 rings (SSSR count). The highest BCUT2D eigenvalue weighted by molar-refractivity contribution is 5.87. The SMILES string of the molecule is O=C(O)N[C@H](C(=O)N1CCC[C@H]1c1nc2cc([C@H]3CC[C@H](c4cc5nc([C@@H]6CCCN6C(=O)[C@@H](NC(=O)O)C6CCOCC6)[nH]c5cc4F)N3c3cc(F)c(N4CCC(c5ccc(F)cc5)CC4)c(F)c3)c(F)cc2[nH]1)C1CCOCC1. The van der Waals surface area contributed by atoms with Gasteiger partial charge in [0.05, 0.1) is 46.2 Å². The van der Waals surface area contributed by atoms with Crippen LogP contribution in [0.3, 0.4) is 0 Å². The molecule has 4 aromatic carbocycles. The summed E-state index contributed by atoms with van der Waals surface area (Å²) in [5.74, 6) is -3.86. The summed E-state index contributed by atoms with van der Waals surface area (Å²) in [6, 6.07) is 9.42. The van der Waals surface area contributed by atoms with Crippen LogP contribution in [-0.2, 0) is 19.1 Å². The van der Waals surface area contributed by atoms with Crippen molar-refractivity contribution in [3.05, 3.63) is 118 Å². The second-order valence-corrected chi connectivity index (χ2v) is 22.7. The van der Waals surface area contributed by atoms with Gasteiger partial charge in [0.25, 0.3) is 0 Å². The van der Waals surface area contributed by atoms with Gasteiger partial charge in [0.1, 0.15) is 46.9 Å². The third-order valence-corrected chi connectivity index (χ3v) is 18.1. The van der Waals surface area contributed by atoms with E-state index >= 15 is 17.6 Å². The fourth-order valence-electron chi connectivity index (χ4n) is 14.0. The molecule has 0 unspecified atom stereocenters. The van der Waals surface area contributed by atoms with Crippen LogP contribution in [-0.4, -0.2) is 129 Å². The summed E-state index contributed by atoms with van der Waals surface area (Å²) in [4.78, 5) is 75.2. The predicted octanol–water partition coefficient (Wildman–Crippen LogP) is 10.1. The number of aromatic amines is 2. The number of aromatic nitrogens is 4. The van der Waals surface area contributed by atoms with Gasteiger partial charge >= 0.3 is 12.2 Å². The standard InChI is InChI=1S/C59H65F5N10O8/c60-35-7-5-31(6-8-35)32-11-19-71(20-12-32)53-41(63)25-36(26-42(53)64)74-47(37-27-43-45(29-39(37)61)67-54(65-43)49-3-1-17-72(49)56(75)51(69-58(77)78)33-13-21-81-22-14-33)9-10-48(74)38-28-44-46(30-40(38)62)68-55(66-44)50-4-2-18-73(50)57(76)52(70-59(79)80)34-15-23-82-24-16-34/h5-8,25-30,32-34,47-52,69-70H,1-4,9-24H2,(H,65,67)(H,66,68)(H,77,78)(H,79,80)/t47-,48-,49+,50+,51+,52+/m1/s1. The molecule has 0 spiro atoms. The van der Waals surface area contributed by atoms with Crippen molar-refractivity contribution in [1.29, 1.82) is 0 Å². The summed E-state index contributed by atoms with van der Waals surface area (Å²) in [6.07, 6.45) is 3.20. The number of halogens is 5. The number of nitrogens with zero attached hydrogens (tertiary/aromatic N) is 6. The van der Waals surface area contributed by atoms with E-state index in [0.29, 0.717) is 151 Å². The fourth-order valence-corrected chi connectivity index (χ4v) is 14.0. The lowest BCUT2D eigenvalue weighted by atomic mass is 9.89. The summed E-state index contributed by atoms with van der Waals surface area (Å²) < 4.78 is 92.6. The van der Waals surface area contributed by atoms with Crippen LogP contribution in [0.4, 0.5) is 42.9 Å². The van der Waals surface area contributed by atoms with Crippen molar-refractivity contribution >= 4 is 57.4 Å². The van der Waals surface area contributed by atoms with Gasteiger partial charge in [-0.3, -0.25) is 9.59 Å². The number of likely N-dealkylation sites (tertiary alicyclic amines) is 2. The maximum absolute atomic E-state index is 17.1. The largest absolute Gasteiger partial charge is 0.465 e. The lowest BCUT2D eigenvalue weighted by molar-refractivity contribution is -0.137. The summed E-state index contributed by atoms with van der Waals surface area (Å²) in [7, 11) is 0. The lowest BCUT2D eigenvalue weighted by Gasteiger charge is -2.36. The predicted molar refractivity (Wildman–Crippen MR) is 291 cm³/mol. The van der Waals surface area contributed by atoms with Gasteiger partial charge in [-0.25, -0.2) is 41.5 Å². The van der Waals surface area contributed by atoms with E-state index in [1.54, 1.807) is 43.9 Å². The highest BCUT2D eigenvalue weighted by Crippen LogP contribution is 2.50. The molecular weight excluding hydrogens is 1070 g/mol. The number of fused-ring (bicyclic) bond motifs is 2. The van der Waals surface area contributed by atoms with Crippen molar-refractivity contribution in [3.63, 3.8) is 0 Å². The molecule has 6 fully saturated rings. The monoisotopic (exact) mass is 1140 g/mol. The number of carbonyl (C=O) groups excluding carboxylic acids is 2. The first-order valence-electron chi connectivity index (χ1n) is 28.6. The molecule has 6 aliphatic heterocycles. The number of nitrogens with one attached hydrogen (secondary N) is 4. The van der Waals surface area contributed by atoms with Gasteiger partial charge in [-0.1, -0.05) is 12.1 Å². The Labute approximate surface area is 468 Å². The molecule has 0 bridgehead atoms. The molecule has 18 nitrogen and oxygen atoms in total. The zero-order valence-corrected chi connectivity index (χ0v) is 45.0. The van der Waals surface area contributed by atoms with Crippen molar-refractivity contribution in [3.8, 4) is 0 Å². The number of imidazole rings is 2. The first kappa shape index (κ1) is 55.0. The number of hydrogen-bond donors (Lipinski definition) is 6. The minimum Gasteiger partial charge on any atom is -0.465 e. The smallest absolute Gasteiger partial charge is 0.405 e. The van der Waals surface area contributed by atoms with Crippen LogP contribution in [0.25, 0.3) is 22.1 Å². The number of amides is 4. The Bertz CT molecular complexity index is 3200. The van der Waals surface area contributed by atoms with Gasteiger partial charge in [0, 0.05) is 69.4 Å². The molecule has 82 heavy (non-hydrogen) atoms. The quantitative estimate of drug-likeness (QED) is 0.0595. The van der Waals surface area contributed by atoms with Crippen LogP contribution < -0.4 is 20.4 Å². The average molecular weight is 1140 g/mol. The molecule has 6 aromatic rings. The third-order valence-electron chi connectivity index (χ3n) is 18.1. The van der Waals surface area contributed by atoms with E-state index in [4.69, 9.17) is 19.4 Å². The Morgan fingerprint density at radius 1 is 0.549 bits per heavy atom. The first-order chi connectivity index (χ1) is 39.7. The van der Waals surface area contributed by atoms with Crippen LogP contribution in [0.15, 0.2) is 60.7 Å². The highest BCUT2D eigenvalue weighted by atomic mass is 19.1. The Hall–Kier alpha value is -7.53. The molecule has 6 aliphatic rings. The molecule has 23 heteroatoms. The van der Waals surface area contributed by atoms with Gasteiger partial charge in [-0.15, -0.1) is 0 Å². The number of H-pyrrole nitrogens is 2. The number of benzene rings is 4. The Kier molecular flexibility index (Phi) is 15.4. The molecule has 6 saturated heterocycles. The second kappa shape index (κ2) is 23.0.